The Labute approximate surface area is 129 Å². The van der Waals surface area contributed by atoms with Crippen molar-refractivity contribution in [2.24, 2.45) is 0 Å². The molecule has 1 saturated heterocycles. The highest BCUT2D eigenvalue weighted by molar-refractivity contribution is 6.31. The Morgan fingerprint density at radius 3 is 2.86 bits per heavy atom. The van der Waals surface area contributed by atoms with Gasteiger partial charge < -0.3 is 14.2 Å². The fraction of sp³-hybridized carbons (Fsp3) is 0.438. The summed E-state index contributed by atoms with van der Waals surface area (Å²) in [6, 6.07) is 5.45. The maximum absolute atomic E-state index is 12.7. The molecule has 0 aliphatic carbocycles. The SMILES string of the molecule is Cc1c(C(=O)N2CCCN(C)CC2)oc2ccc(Cl)cc12. The van der Waals surface area contributed by atoms with E-state index in [2.05, 4.69) is 11.9 Å². The lowest BCUT2D eigenvalue weighted by molar-refractivity contribution is 0.0732. The lowest BCUT2D eigenvalue weighted by Gasteiger charge is -2.19. The average molecular weight is 307 g/mol. The van der Waals surface area contributed by atoms with Crippen molar-refractivity contribution in [3.05, 3.63) is 34.5 Å². The van der Waals surface area contributed by atoms with Crippen LogP contribution >= 0.6 is 11.6 Å². The summed E-state index contributed by atoms with van der Waals surface area (Å²) in [4.78, 5) is 16.8. The van der Waals surface area contributed by atoms with Crippen molar-refractivity contribution < 1.29 is 9.21 Å². The molecule has 1 aromatic carbocycles. The summed E-state index contributed by atoms with van der Waals surface area (Å²) in [5.74, 6) is 0.423. The van der Waals surface area contributed by atoms with Crippen LogP contribution in [0, 0.1) is 6.92 Å². The molecule has 0 radical (unpaired) electrons. The number of rotatable bonds is 1. The molecule has 112 valence electrons. The van der Waals surface area contributed by atoms with Gasteiger partial charge in [0.15, 0.2) is 5.76 Å². The molecule has 1 fully saturated rings. The predicted octanol–water partition coefficient (Wildman–Crippen LogP) is 3.17. The highest BCUT2D eigenvalue weighted by Crippen LogP contribution is 2.28. The van der Waals surface area contributed by atoms with E-state index in [1.807, 2.05) is 24.0 Å². The summed E-state index contributed by atoms with van der Waals surface area (Å²) in [5, 5.41) is 1.57. The zero-order chi connectivity index (χ0) is 15.0. The fourth-order valence-electron chi connectivity index (χ4n) is 2.79. The van der Waals surface area contributed by atoms with Crippen LogP contribution in [0.15, 0.2) is 22.6 Å². The van der Waals surface area contributed by atoms with E-state index in [1.54, 1.807) is 6.07 Å². The van der Waals surface area contributed by atoms with E-state index in [0.717, 1.165) is 43.5 Å². The highest BCUT2D eigenvalue weighted by Gasteiger charge is 2.24. The van der Waals surface area contributed by atoms with Gasteiger partial charge in [-0.1, -0.05) is 11.6 Å². The minimum Gasteiger partial charge on any atom is -0.451 e. The van der Waals surface area contributed by atoms with Crippen molar-refractivity contribution in [1.29, 1.82) is 0 Å². The molecule has 2 heterocycles. The van der Waals surface area contributed by atoms with Crippen LogP contribution in [0.2, 0.25) is 5.02 Å². The van der Waals surface area contributed by atoms with Gasteiger partial charge in [-0.15, -0.1) is 0 Å². The number of nitrogens with zero attached hydrogens (tertiary/aromatic N) is 2. The zero-order valence-electron chi connectivity index (χ0n) is 12.4. The lowest BCUT2D eigenvalue weighted by Crippen LogP contribution is -2.34. The van der Waals surface area contributed by atoms with Crippen molar-refractivity contribution in [3.63, 3.8) is 0 Å². The Kier molecular flexibility index (Phi) is 3.91. The topological polar surface area (TPSA) is 36.7 Å². The Balaban J connectivity index is 1.92. The molecule has 1 aliphatic heterocycles. The first-order valence-electron chi connectivity index (χ1n) is 7.23. The molecule has 1 amide bonds. The number of aryl methyl sites for hydroxylation is 1. The molecular formula is C16H19ClN2O2. The molecule has 0 atom stereocenters. The first-order valence-corrected chi connectivity index (χ1v) is 7.60. The number of halogens is 1. The van der Waals surface area contributed by atoms with E-state index in [-0.39, 0.29) is 5.91 Å². The van der Waals surface area contributed by atoms with Crippen molar-refractivity contribution >= 4 is 28.5 Å². The number of hydrogen-bond donors (Lipinski definition) is 0. The number of hydrogen-bond acceptors (Lipinski definition) is 3. The van der Waals surface area contributed by atoms with Crippen molar-refractivity contribution in [2.45, 2.75) is 13.3 Å². The summed E-state index contributed by atoms with van der Waals surface area (Å²) in [6.07, 6.45) is 0.993. The number of carbonyl (C=O) groups is 1. The lowest BCUT2D eigenvalue weighted by atomic mass is 10.1. The molecule has 1 aromatic heterocycles. The van der Waals surface area contributed by atoms with Gasteiger partial charge in [-0.05, 0) is 45.1 Å². The molecule has 0 unspecified atom stereocenters. The molecule has 3 rings (SSSR count). The molecule has 2 aromatic rings. The van der Waals surface area contributed by atoms with E-state index in [1.165, 1.54) is 0 Å². The standard InChI is InChI=1S/C16H19ClN2O2/c1-11-13-10-12(17)4-5-14(13)21-15(11)16(20)19-7-3-6-18(2)8-9-19/h4-5,10H,3,6-9H2,1-2H3. The van der Waals surface area contributed by atoms with E-state index < -0.39 is 0 Å². The minimum absolute atomic E-state index is 0.0184. The van der Waals surface area contributed by atoms with Crippen LogP contribution in [0.25, 0.3) is 11.0 Å². The normalized spacial score (nSPS) is 17.2. The van der Waals surface area contributed by atoms with Gasteiger partial charge in [-0.3, -0.25) is 4.79 Å². The van der Waals surface area contributed by atoms with Gasteiger partial charge in [-0.2, -0.15) is 0 Å². The second-order valence-corrected chi connectivity index (χ2v) is 6.08. The third-order valence-electron chi connectivity index (χ3n) is 4.10. The first-order chi connectivity index (χ1) is 10.1. The van der Waals surface area contributed by atoms with E-state index >= 15 is 0 Å². The van der Waals surface area contributed by atoms with Crippen LogP contribution in [0.5, 0.6) is 0 Å². The quantitative estimate of drug-likeness (QED) is 0.812. The van der Waals surface area contributed by atoms with E-state index in [9.17, 15) is 4.79 Å². The molecule has 0 N–H and O–H groups in total. The Morgan fingerprint density at radius 1 is 1.24 bits per heavy atom. The summed E-state index contributed by atoms with van der Waals surface area (Å²) in [5.41, 5.74) is 1.59. The Morgan fingerprint density at radius 2 is 2.05 bits per heavy atom. The first kappa shape index (κ1) is 14.4. The van der Waals surface area contributed by atoms with Crippen LogP contribution < -0.4 is 0 Å². The van der Waals surface area contributed by atoms with Gasteiger partial charge in [0.05, 0.1) is 0 Å². The number of furan rings is 1. The molecule has 0 saturated carbocycles. The number of fused-ring (bicyclic) bond motifs is 1. The van der Waals surface area contributed by atoms with Crippen molar-refractivity contribution in [2.75, 3.05) is 33.2 Å². The Hall–Kier alpha value is -1.52. The molecule has 4 nitrogen and oxygen atoms in total. The van der Waals surface area contributed by atoms with Gasteiger partial charge >= 0.3 is 0 Å². The maximum Gasteiger partial charge on any atom is 0.289 e. The molecule has 1 aliphatic rings. The van der Waals surface area contributed by atoms with E-state index in [4.69, 9.17) is 16.0 Å². The number of amides is 1. The van der Waals surface area contributed by atoms with Crippen molar-refractivity contribution in [1.82, 2.24) is 9.80 Å². The number of benzene rings is 1. The van der Waals surface area contributed by atoms with Crippen molar-refractivity contribution in [3.8, 4) is 0 Å². The summed E-state index contributed by atoms with van der Waals surface area (Å²) in [7, 11) is 2.09. The number of likely N-dealkylation sites (N-methyl/N-ethyl adjacent to an activating group) is 1. The van der Waals surface area contributed by atoms with Gasteiger partial charge in [0.25, 0.3) is 5.91 Å². The zero-order valence-corrected chi connectivity index (χ0v) is 13.1. The van der Waals surface area contributed by atoms with Crippen LogP contribution in [0.4, 0.5) is 0 Å². The van der Waals surface area contributed by atoms with Crippen LogP contribution in [-0.2, 0) is 0 Å². The third kappa shape index (κ3) is 2.78. The molecule has 0 spiro atoms. The summed E-state index contributed by atoms with van der Waals surface area (Å²) in [6.45, 7) is 5.36. The molecular weight excluding hydrogens is 288 g/mol. The highest BCUT2D eigenvalue weighted by atomic mass is 35.5. The molecule has 5 heteroatoms. The van der Waals surface area contributed by atoms with Gasteiger partial charge in [0.1, 0.15) is 5.58 Å². The van der Waals surface area contributed by atoms with Gasteiger partial charge in [-0.25, -0.2) is 0 Å². The smallest absolute Gasteiger partial charge is 0.289 e. The summed E-state index contributed by atoms with van der Waals surface area (Å²) >= 11 is 6.02. The predicted molar refractivity (Wildman–Crippen MR) is 84.0 cm³/mol. The molecule has 21 heavy (non-hydrogen) atoms. The van der Waals surface area contributed by atoms with Crippen LogP contribution in [0.3, 0.4) is 0 Å². The number of carbonyl (C=O) groups excluding carboxylic acids is 1. The third-order valence-corrected chi connectivity index (χ3v) is 4.33. The second kappa shape index (κ2) is 5.70. The monoisotopic (exact) mass is 306 g/mol. The van der Waals surface area contributed by atoms with Crippen LogP contribution in [0.1, 0.15) is 22.5 Å². The largest absolute Gasteiger partial charge is 0.451 e. The average Bonchev–Trinajstić information content (AvgIpc) is 2.64. The molecule has 0 bridgehead atoms. The summed E-state index contributed by atoms with van der Waals surface area (Å²) < 4.78 is 5.77. The second-order valence-electron chi connectivity index (χ2n) is 5.65. The maximum atomic E-state index is 12.7. The van der Waals surface area contributed by atoms with Crippen LogP contribution in [-0.4, -0.2) is 48.9 Å². The minimum atomic E-state index is -0.0184. The van der Waals surface area contributed by atoms with Gasteiger partial charge in [0.2, 0.25) is 0 Å². The van der Waals surface area contributed by atoms with E-state index in [0.29, 0.717) is 16.4 Å². The Bertz CT molecular complexity index is 680. The fourth-order valence-corrected chi connectivity index (χ4v) is 2.96. The van der Waals surface area contributed by atoms with Gasteiger partial charge in [0, 0.05) is 35.6 Å².